The molecule has 156 valence electrons. The van der Waals surface area contributed by atoms with E-state index in [9.17, 15) is 9.18 Å². The molecule has 0 aliphatic carbocycles. The van der Waals surface area contributed by atoms with Crippen LogP contribution < -0.4 is 10.1 Å². The number of carbonyl (C=O) groups excluding carboxylic acids is 1. The number of hydrogen-bond donors (Lipinski definition) is 1. The van der Waals surface area contributed by atoms with Crippen molar-refractivity contribution in [1.82, 2.24) is 10.2 Å². The zero-order valence-electron chi connectivity index (χ0n) is 17.6. The predicted octanol–water partition coefficient (Wildman–Crippen LogP) is 4.62. The SMILES string of the molecule is CC[C@@H](NC(=O)C1CCN(Cc2ccccc2F)CC1)c1ccc(OC)c(C)c1. The van der Waals surface area contributed by atoms with Crippen molar-refractivity contribution in [2.24, 2.45) is 5.92 Å². The lowest BCUT2D eigenvalue weighted by molar-refractivity contribution is -0.127. The second kappa shape index (κ2) is 9.88. The Bertz CT molecular complexity index is 831. The third kappa shape index (κ3) is 5.36. The van der Waals surface area contributed by atoms with Gasteiger partial charge in [-0.15, -0.1) is 0 Å². The summed E-state index contributed by atoms with van der Waals surface area (Å²) in [5.74, 6) is 0.834. The fraction of sp³-hybridized carbons (Fsp3) is 0.458. The number of rotatable bonds is 7. The maximum atomic E-state index is 13.9. The van der Waals surface area contributed by atoms with Crippen molar-refractivity contribution in [2.45, 2.75) is 45.7 Å². The molecule has 0 spiro atoms. The van der Waals surface area contributed by atoms with E-state index in [0.717, 1.165) is 54.8 Å². The van der Waals surface area contributed by atoms with Gasteiger partial charge in [0.1, 0.15) is 11.6 Å². The highest BCUT2D eigenvalue weighted by atomic mass is 19.1. The van der Waals surface area contributed by atoms with Gasteiger partial charge >= 0.3 is 0 Å². The van der Waals surface area contributed by atoms with Crippen LogP contribution in [0.15, 0.2) is 42.5 Å². The fourth-order valence-corrected chi connectivity index (χ4v) is 4.05. The molecule has 1 atom stereocenters. The van der Waals surface area contributed by atoms with Crippen LogP contribution in [0.25, 0.3) is 0 Å². The minimum absolute atomic E-state index is 0.00329. The minimum Gasteiger partial charge on any atom is -0.496 e. The molecule has 29 heavy (non-hydrogen) atoms. The Morgan fingerprint density at radius 1 is 1.24 bits per heavy atom. The van der Waals surface area contributed by atoms with Crippen LogP contribution >= 0.6 is 0 Å². The Morgan fingerprint density at radius 2 is 1.97 bits per heavy atom. The first kappa shape index (κ1) is 21.3. The molecule has 1 saturated heterocycles. The maximum absolute atomic E-state index is 13.9. The van der Waals surface area contributed by atoms with Gasteiger partial charge < -0.3 is 10.1 Å². The van der Waals surface area contributed by atoms with Crippen LogP contribution in [-0.4, -0.2) is 31.0 Å². The van der Waals surface area contributed by atoms with Crippen molar-refractivity contribution in [3.8, 4) is 5.75 Å². The summed E-state index contributed by atoms with van der Waals surface area (Å²) in [6.07, 6.45) is 2.44. The number of methoxy groups -OCH3 is 1. The molecule has 1 amide bonds. The molecule has 5 heteroatoms. The van der Waals surface area contributed by atoms with Gasteiger partial charge in [-0.1, -0.05) is 37.3 Å². The van der Waals surface area contributed by atoms with E-state index < -0.39 is 0 Å². The van der Waals surface area contributed by atoms with Crippen LogP contribution in [0.3, 0.4) is 0 Å². The molecule has 0 radical (unpaired) electrons. The normalized spacial score (nSPS) is 16.4. The molecule has 1 N–H and O–H groups in total. The number of likely N-dealkylation sites (tertiary alicyclic amines) is 1. The summed E-state index contributed by atoms with van der Waals surface area (Å²) in [5, 5.41) is 3.23. The van der Waals surface area contributed by atoms with E-state index in [1.807, 2.05) is 31.2 Å². The minimum atomic E-state index is -0.159. The second-order valence-electron chi connectivity index (χ2n) is 7.84. The standard InChI is InChI=1S/C24H31FN2O2/c1-4-22(19-9-10-23(29-3)17(2)15-19)26-24(28)18-11-13-27(14-12-18)16-20-7-5-6-8-21(20)25/h5-10,15,18,22H,4,11-14,16H2,1-3H3,(H,26,28)/t22-/m1/s1. The van der Waals surface area contributed by atoms with Crippen molar-refractivity contribution in [3.63, 3.8) is 0 Å². The number of ether oxygens (including phenoxy) is 1. The van der Waals surface area contributed by atoms with Crippen molar-refractivity contribution < 1.29 is 13.9 Å². The molecule has 3 rings (SSSR count). The monoisotopic (exact) mass is 398 g/mol. The first-order valence-corrected chi connectivity index (χ1v) is 10.4. The molecule has 1 aliphatic rings. The van der Waals surface area contributed by atoms with Crippen LogP contribution in [0.4, 0.5) is 4.39 Å². The Balaban J connectivity index is 1.54. The highest BCUT2D eigenvalue weighted by molar-refractivity contribution is 5.79. The topological polar surface area (TPSA) is 41.6 Å². The van der Waals surface area contributed by atoms with Gasteiger partial charge in [-0.25, -0.2) is 4.39 Å². The summed E-state index contributed by atoms with van der Waals surface area (Å²) in [6, 6.07) is 13.0. The summed E-state index contributed by atoms with van der Waals surface area (Å²) in [5.41, 5.74) is 2.90. The summed E-state index contributed by atoms with van der Waals surface area (Å²) in [4.78, 5) is 15.1. The number of benzene rings is 2. The third-order valence-electron chi connectivity index (χ3n) is 5.86. The second-order valence-corrected chi connectivity index (χ2v) is 7.84. The van der Waals surface area contributed by atoms with Gasteiger partial charge in [0.05, 0.1) is 13.2 Å². The quantitative estimate of drug-likeness (QED) is 0.740. The summed E-state index contributed by atoms with van der Waals surface area (Å²) < 4.78 is 19.2. The zero-order valence-corrected chi connectivity index (χ0v) is 17.6. The molecule has 0 unspecified atom stereocenters. The Morgan fingerprint density at radius 3 is 2.59 bits per heavy atom. The Kier molecular flexibility index (Phi) is 7.26. The molecule has 1 heterocycles. The van der Waals surface area contributed by atoms with Crippen LogP contribution in [0.5, 0.6) is 5.75 Å². The smallest absolute Gasteiger partial charge is 0.223 e. The summed E-state index contributed by atoms with van der Waals surface area (Å²) >= 11 is 0. The van der Waals surface area contributed by atoms with Gasteiger partial charge in [-0.2, -0.15) is 0 Å². The third-order valence-corrected chi connectivity index (χ3v) is 5.86. The molecular weight excluding hydrogens is 367 g/mol. The Hall–Kier alpha value is -2.40. The molecule has 2 aromatic carbocycles. The average Bonchev–Trinajstić information content (AvgIpc) is 2.74. The van der Waals surface area contributed by atoms with Gasteiger partial charge in [0.25, 0.3) is 0 Å². The van der Waals surface area contributed by atoms with Crippen LogP contribution in [0.1, 0.15) is 48.9 Å². The van der Waals surface area contributed by atoms with E-state index in [2.05, 4.69) is 23.2 Å². The van der Waals surface area contributed by atoms with E-state index in [1.165, 1.54) is 6.07 Å². The Labute approximate surface area is 173 Å². The van der Waals surface area contributed by atoms with Gasteiger partial charge in [0.2, 0.25) is 5.91 Å². The highest BCUT2D eigenvalue weighted by Gasteiger charge is 2.27. The van der Waals surface area contributed by atoms with Gasteiger partial charge in [-0.05, 0) is 62.5 Å². The van der Waals surface area contributed by atoms with Gasteiger partial charge in [0, 0.05) is 18.0 Å². The number of halogens is 1. The van der Waals surface area contributed by atoms with Crippen LogP contribution in [-0.2, 0) is 11.3 Å². The number of nitrogens with one attached hydrogen (secondary N) is 1. The molecule has 0 saturated carbocycles. The molecule has 1 aliphatic heterocycles. The summed E-state index contributed by atoms with van der Waals surface area (Å²) in [7, 11) is 1.67. The molecule has 4 nitrogen and oxygen atoms in total. The van der Waals surface area contributed by atoms with Gasteiger partial charge in [0.15, 0.2) is 0 Å². The molecule has 2 aromatic rings. The number of carbonyl (C=O) groups is 1. The molecule has 0 aromatic heterocycles. The average molecular weight is 399 g/mol. The van der Waals surface area contributed by atoms with E-state index in [0.29, 0.717) is 6.54 Å². The van der Waals surface area contributed by atoms with E-state index >= 15 is 0 Å². The zero-order chi connectivity index (χ0) is 20.8. The maximum Gasteiger partial charge on any atom is 0.223 e. The largest absolute Gasteiger partial charge is 0.496 e. The van der Waals surface area contributed by atoms with Crippen molar-refractivity contribution in [1.29, 1.82) is 0 Å². The lowest BCUT2D eigenvalue weighted by Gasteiger charge is -2.32. The molecular formula is C24H31FN2O2. The highest BCUT2D eigenvalue weighted by Crippen LogP contribution is 2.26. The fourth-order valence-electron chi connectivity index (χ4n) is 4.05. The van der Waals surface area contributed by atoms with Crippen molar-refractivity contribution in [3.05, 3.63) is 65.0 Å². The van der Waals surface area contributed by atoms with E-state index in [-0.39, 0.29) is 23.7 Å². The van der Waals surface area contributed by atoms with Crippen LogP contribution in [0.2, 0.25) is 0 Å². The van der Waals surface area contributed by atoms with E-state index in [1.54, 1.807) is 13.2 Å². The van der Waals surface area contributed by atoms with E-state index in [4.69, 9.17) is 4.74 Å². The molecule has 0 bridgehead atoms. The number of hydrogen-bond acceptors (Lipinski definition) is 3. The van der Waals surface area contributed by atoms with Crippen molar-refractivity contribution >= 4 is 5.91 Å². The number of nitrogens with zero attached hydrogens (tertiary/aromatic N) is 1. The van der Waals surface area contributed by atoms with Gasteiger partial charge in [-0.3, -0.25) is 9.69 Å². The number of piperidine rings is 1. The lowest BCUT2D eigenvalue weighted by Crippen LogP contribution is -2.41. The van der Waals surface area contributed by atoms with Crippen LogP contribution in [0, 0.1) is 18.7 Å². The summed E-state index contributed by atoms with van der Waals surface area (Å²) in [6.45, 7) is 6.32. The number of aryl methyl sites for hydroxylation is 1. The first-order valence-electron chi connectivity index (χ1n) is 10.4. The lowest BCUT2D eigenvalue weighted by atomic mass is 9.94. The molecule has 1 fully saturated rings. The predicted molar refractivity (Wildman–Crippen MR) is 113 cm³/mol. The first-order chi connectivity index (χ1) is 14.0. The number of amides is 1. The van der Waals surface area contributed by atoms with Crippen molar-refractivity contribution in [2.75, 3.05) is 20.2 Å².